The fraction of sp³-hybridized carbons (Fsp3) is 0.600. The molecule has 0 bridgehead atoms. The molecule has 0 radical (unpaired) electrons. The number of nitrogens with one attached hydrogen (secondary N) is 1. The second-order valence-electron chi connectivity index (χ2n) is 8.83. The van der Waals surface area contributed by atoms with Crippen LogP contribution in [-0.2, 0) is 14.6 Å². The lowest BCUT2D eigenvalue weighted by Crippen LogP contribution is -2.39. The maximum absolute atomic E-state index is 12.5. The van der Waals surface area contributed by atoms with Gasteiger partial charge < -0.3 is 14.6 Å². The number of nitrogens with zero attached hydrogens (tertiary/aromatic N) is 2. The van der Waals surface area contributed by atoms with Gasteiger partial charge in [0.1, 0.15) is 5.52 Å². The van der Waals surface area contributed by atoms with Gasteiger partial charge >= 0.3 is 0 Å². The number of aromatic nitrogens is 1. The number of amides is 1. The molecule has 3 atom stereocenters. The molecule has 1 aromatic heterocycles. The molecule has 3 aliphatic rings. The number of carbonyl (C=O) groups is 1. The molecule has 1 aromatic carbocycles. The van der Waals surface area contributed by atoms with E-state index in [2.05, 4.69) is 15.2 Å². The van der Waals surface area contributed by atoms with Crippen molar-refractivity contribution >= 4 is 44.5 Å². The highest BCUT2D eigenvalue weighted by molar-refractivity contribution is 7.91. The van der Waals surface area contributed by atoms with Gasteiger partial charge in [-0.1, -0.05) is 11.6 Å². The molecule has 2 aliphatic heterocycles. The average Bonchev–Trinajstić information content (AvgIpc) is 3.42. The van der Waals surface area contributed by atoms with E-state index in [1.54, 1.807) is 12.1 Å². The molecule has 5 rings (SSSR count). The van der Waals surface area contributed by atoms with E-state index in [4.69, 9.17) is 16.0 Å². The van der Waals surface area contributed by atoms with E-state index in [1.165, 1.54) is 0 Å². The average molecular weight is 438 g/mol. The Labute approximate surface area is 174 Å². The number of carbonyl (C=O) groups excluding carboxylic acids is 1. The van der Waals surface area contributed by atoms with Gasteiger partial charge in [-0.25, -0.2) is 8.42 Å². The van der Waals surface area contributed by atoms with Gasteiger partial charge in [-0.2, -0.15) is 4.98 Å². The van der Waals surface area contributed by atoms with E-state index < -0.39 is 9.84 Å². The Morgan fingerprint density at radius 2 is 2.17 bits per heavy atom. The summed E-state index contributed by atoms with van der Waals surface area (Å²) in [5, 5.41) is 3.76. The van der Waals surface area contributed by atoms with E-state index in [-0.39, 0.29) is 34.8 Å². The minimum absolute atomic E-state index is 0.00773. The summed E-state index contributed by atoms with van der Waals surface area (Å²) in [4.78, 5) is 19.3. The van der Waals surface area contributed by atoms with Gasteiger partial charge in [0.05, 0.1) is 17.4 Å². The molecule has 1 amide bonds. The summed E-state index contributed by atoms with van der Waals surface area (Å²) >= 11 is 6.04. The van der Waals surface area contributed by atoms with Gasteiger partial charge in [0.15, 0.2) is 15.4 Å². The Balaban J connectivity index is 1.22. The Hall–Kier alpha value is -1.80. The quantitative estimate of drug-likeness (QED) is 0.793. The number of hydrogen-bond donors (Lipinski definition) is 1. The van der Waals surface area contributed by atoms with Crippen LogP contribution in [0.5, 0.6) is 0 Å². The van der Waals surface area contributed by atoms with Crippen molar-refractivity contribution < 1.29 is 17.6 Å². The zero-order chi connectivity index (χ0) is 20.2. The fourth-order valence-corrected chi connectivity index (χ4v) is 7.05. The number of oxazole rings is 1. The number of rotatable bonds is 3. The van der Waals surface area contributed by atoms with Crippen LogP contribution in [-0.4, -0.2) is 49.9 Å². The molecule has 7 nitrogen and oxygen atoms in total. The van der Waals surface area contributed by atoms with E-state index >= 15 is 0 Å². The van der Waals surface area contributed by atoms with Crippen molar-refractivity contribution in [1.29, 1.82) is 0 Å². The van der Waals surface area contributed by atoms with Crippen molar-refractivity contribution in [3.63, 3.8) is 0 Å². The lowest BCUT2D eigenvalue weighted by molar-refractivity contribution is -0.125. The smallest absolute Gasteiger partial charge is 0.298 e. The van der Waals surface area contributed by atoms with Crippen LogP contribution in [0.4, 0.5) is 6.01 Å². The molecule has 1 spiro atoms. The second-order valence-corrected chi connectivity index (χ2v) is 11.5. The molecule has 29 heavy (non-hydrogen) atoms. The van der Waals surface area contributed by atoms with Gasteiger partial charge in [-0.15, -0.1) is 0 Å². The highest BCUT2D eigenvalue weighted by atomic mass is 35.5. The molecule has 2 saturated heterocycles. The summed E-state index contributed by atoms with van der Waals surface area (Å²) in [7, 11) is -3.04. The first-order chi connectivity index (χ1) is 13.8. The Morgan fingerprint density at radius 1 is 1.31 bits per heavy atom. The van der Waals surface area contributed by atoms with Crippen LogP contribution in [0.2, 0.25) is 5.02 Å². The van der Waals surface area contributed by atoms with Crippen molar-refractivity contribution in [3.05, 3.63) is 23.2 Å². The molecule has 2 aromatic rings. The van der Waals surface area contributed by atoms with E-state index in [0.29, 0.717) is 17.5 Å². The summed E-state index contributed by atoms with van der Waals surface area (Å²) < 4.78 is 29.2. The van der Waals surface area contributed by atoms with Crippen LogP contribution in [0, 0.1) is 11.3 Å². The molecule has 3 heterocycles. The van der Waals surface area contributed by atoms with Gasteiger partial charge in [0, 0.05) is 24.2 Å². The van der Waals surface area contributed by atoms with E-state index in [1.807, 2.05) is 6.07 Å². The molecular weight excluding hydrogens is 414 g/mol. The van der Waals surface area contributed by atoms with Crippen LogP contribution < -0.4 is 10.2 Å². The molecule has 1 saturated carbocycles. The lowest BCUT2D eigenvalue weighted by Gasteiger charge is -2.24. The summed E-state index contributed by atoms with van der Waals surface area (Å²) in [5.74, 6) is -0.363. The Kier molecular flexibility index (Phi) is 4.55. The number of fused-ring (bicyclic) bond motifs is 1. The number of anilines is 1. The van der Waals surface area contributed by atoms with Gasteiger partial charge in [0.25, 0.3) is 6.01 Å². The summed E-state index contributed by atoms with van der Waals surface area (Å²) in [6, 6.07) is 6.19. The van der Waals surface area contributed by atoms with E-state index in [0.717, 1.165) is 49.9 Å². The van der Waals surface area contributed by atoms with Gasteiger partial charge in [-0.3, -0.25) is 4.79 Å². The Bertz CT molecular complexity index is 1070. The normalized spacial score (nSPS) is 31.1. The van der Waals surface area contributed by atoms with E-state index in [9.17, 15) is 13.2 Å². The van der Waals surface area contributed by atoms with Gasteiger partial charge in [-0.05, 0) is 55.7 Å². The van der Waals surface area contributed by atoms with Crippen LogP contribution in [0.3, 0.4) is 0 Å². The third-order valence-electron chi connectivity index (χ3n) is 6.70. The zero-order valence-corrected chi connectivity index (χ0v) is 17.6. The molecule has 156 valence electrons. The number of hydrogen-bond acceptors (Lipinski definition) is 6. The minimum atomic E-state index is -3.04. The van der Waals surface area contributed by atoms with Crippen LogP contribution in [0.15, 0.2) is 22.6 Å². The summed E-state index contributed by atoms with van der Waals surface area (Å²) in [5.41, 5.74) is 1.64. The topological polar surface area (TPSA) is 92.5 Å². The molecule has 3 fully saturated rings. The van der Waals surface area contributed by atoms with Crippen LogP contribution >= 0.6 is 11.6 Å². The third-order valence-corrected chi connectivity index (χ3v) is 8.70. The minimum Gasteiger partial charge on any atom is -0.423 e. The standard InChI is InChI=1S/C20H24ClN3O4S/c21-14-1-2-17-16(9-14)23-19(28-17)24-7-6-20(12-24)5-3-15(10-20)22-18(25)13-4-8-29(26,27)11-13/h1-2,9,13,15H,3-8,10-12H2,(H,22,25). The first kappa shape index (κ1) is 19.2. The van der Waals surface area contributed by atoms with Crippen LogP contribution in [0.25, 0.3) is 11.1 Å². The van der Waals surface area contributed by atoms with Crippen LogP contribution in [0.1, 0.15) is 32.1 Å². The number of halogens is 1. The summed E-state index contributed by atoms with van der Waals surface area (Å²) in [6.45, 7) is 1.74. The highest BCUT2D eigenvalue weighted by Gasteiger charge is 2.46. The molecule has 3 unspecified atom stereocenters. The SMILES string of the molecule is O=C(NC1CCC2(CCN(c3nc4cc(Cl)ccc4o3)C2)C1)C1CCS(=O)(=O)C1. The van der Waals surface area contributed by atoms with Crippen molar-refractivity contribution in [2.24, 2.45) is 11.3 Å². The zero-order valence-electron chi connectivity index (χ0n) is 16.1. The predicted molar refractivity (Wildman–Crippen MR) is 111 cm³/mol. The lowest BCUT2D eigenvalue weighted by atomic mass is 9.85. The van der Waals surface area contributed by atoms with Crippen molar-refractivity contribution in [2.75, 3.05) is 29.5 Å². The molecule has 1 N–H and O–H groups in total. The van der Waals surface area contributed by atoms with Gasteiger partial charge in [0.2, 0.25) is 5.91 Å². The first-order valence-electron chi connectivity index (χ1n) is 10.1. The van der Waals surface area contributed by atoms with Crippen molar-refractivity contribution in [2.45, 2.75) is 38.1 Å². The Morgan fingerprint density at radius 3 is 2.97 bits per heavy atom. The predicted octanol–water partition coefficient (Wildman–Crippen LogP) is 2.78. The maximum atomic E-state index is 12.5. The largest absolute Gasteiger partial charge is 0.423 e. The molecular formula is C20H24ClN3O4S. The van der Waals surface area contributed by atoms with Crippen molar-refractivity contribution in [1.82, 2.24) is 10.3 Å². The maximum Gasteiger partial charge on any atom is 0.298 e. The second kappa shape index (κ2) is 6.87. The fourth-order valence-electron chi connectivity index (χ4n) is 5.14. The molecule has 9 heteroatoms. The first-order valence-corrected chi connectivity index (χ1v) is 12.3. The van der Waals surface area contributed by atoms with Crippen molar-refractivity contribution in [3.8, 4) is 0 Å². The highest BCUT2D eigenvalue weighted by Crippen LogP contribution is 2.46. The number of sulfone groups is 1. The monoisotopic (exact) mass is 437 g/mol. The summed E-state index contributed by atoms with van der Waals surface area (Å²) in [6.07, 6.45) is 4.38. The number of benzene rings is 1. The third kappa shape index (κ3) is 3.72. The molecule has 1 aliphatic carbocycles.